The maximum atomic E-state index is 13.3. The van der Waals surface area contributed by atoms with Crippen molar-refractivity contribution in [2.24, 2.45) is 0 Å². The third-order valence-electron chi connectivity index (χ3n) is 4.24. The zero-order chi connectivity index (χ0) is 17.2. The molecule has 3 aromatic carbocycles. The van der Waals surface area contributed by atoms with E-state index in [1.807, 2.05) is 24.3 Å². The highest BCUT2D eigenvalue weighted by Gasteiger charge is 2.10. The van der Waals surface area contributed by atoms with E-state index in [1.54, 1.807) is 24.3 Å². The quantitative estimate of drug-likeness (QED) is 0.464. The molecule has 4 aromatic rings. The summed E-state index contributed by atoms with van der Waals surface area (Å²) < 4.78 is 26.5. The molecule has 0 aliphatic heterocycles. The van der Waals surface area contributed by atoms with Crippen LogP contribution in [0.5, 0.6) is 0 Å². The Kier molecular flexibility index (Phi) is 3.98. The minimum Gasteiger partial charge on any atom is -0.252 e. The van der Waals surface area contributed by atoms with Gasteiger partial charge < -0.3 is 0 Å². The second-order valence-corrected chi connectivity index (χ2v) is 5.99. The van der Waals surface area contributed by atoms with Gasteiger partial charge in [-0.15, -0.1) is 0 Å². The van der Waals surface area contributed by atoms with Crippen LogP contribution in [0.4, 0.5) is 8.78 Å². The lowest BCUT2D eigenvalue weighted by Crippen LogP contribution is -1.97. The number of pyridine rings is 1. The molecule has 1 heterocycles. The molecule has 25 heavy (non-hydrogen) atoms. The molecule has 3 heteroatoms. The molecule has 122 valence electrons. The zero-order valence-corrected chi connectivity index (χ0v) is 13.4. The van der Waals surface area contributed by atoms with Gasteiger partial charge in [0.2, 0.25) is 0 Å². The Bertz CT molecular complexity index is 1020. The molecule has 0 radical (unpaired) electrons. The first-order valence-corrected chi connectivity index (χ1v) is 8.08. The molecule has 0 bridgehead atoms. The molecular formula is C22H15F2N. The molecule has 0 saturated carbocycles. The summed E-state index contributed by atoms with van der Waals surface area (Å²) >= 11 is 0. The number of fused-ring (bicyclic) bond motifs is 1. The Balaban J connectivity index is 1.86. The van der Waals surface area contributed by atoms with Crippen molar-refractivity contribution < 1.29 is 8.78 Å². The van der Waals surface area contributed by atoms with Crippen molar-refractivity contribution in [2.45, 2.75) is 6.42 Å². The summed E-state index contributed by atoms with van der Waals surface area (Å²) in [4.78, 5) is 4.80. The van der Waals surface area contributed by atoms with Crippen LogP contribution in [0.1, 0.15) is 11.3 Å². The molecule has 0 aliphatic rings. The van der Waals surface area contributed by atoms with Crippen molar-refractivity contribution in [2.75, 3.05) is 0 Å². The second kappa shape index (κ2) is 6.44. The van der Waals surface area contributed by atoms with Gasteiger partial charge in [0.1, 0.15) is 11.6 Å². The summed E-state index contributed by atoms with van der Waals surface area (Å²) in [7, 11) is 0. The normalized spacial score (nSPS) is 11.0. The van der Waals surface area contributed by atoms with Crippen molar-refractivity contribution in [3.63, 3.8) is 0 Å². The van der Waals surface area contributed by atoms with Gasteiger partial charge in [-0.1, -0.05) is 42.5 Å². The van der Waals surface area contributed by atoms with Crippen LogP contribution in [0.2, 0.25) is 0 Å². The molecule has 4 rings (SSSR count). The van der Waals surface area contributed by atoms with E-state index in [2.05, 4.69) is 6.07 Å². The average molecular weight is 331 g/mol. The molecule has 1 nitrogen and oxygen atoms in total. The maximum Gasteiger partial charge on any atom is 0.123 e. The summed E-state index contributed by atoms with van der Waals surface area (Å²) in [6.45, 7) is 0. The van der Waals surface area contributed by atoms with Crippen molar-refractivity contribution in [1.29, 1.82) is 0 Å². The molecule has 1 aromatic heterocycles. The molecule has 0 fully saturated rings. The topological polar surface area (TPSA) is 12.9 Å². The Labute approximate surface area is 144 Å². The predicted molar refractivity (Wildman–Crippen MR) is 96.3 cm³/mol. The van der Waals surface area contributed by atoms with Crippen molar-refractivity contribution in [3.05, 3.63) is 102 Å². The van der Waals surface area contributed by atoms with E-state index in [9.17, 15) is 8.78 Å². The highest BCUT2D eigenvalue weighted by atomic mass is 19.1. The van der Waals surface area contributed by atoms with Gasteiger partial charge in [-0.25, -0.2) is 8.78 Å². The average Bonchev–Trinajstić information content (AvgIpc) is 2.64. The first kappa shape index (κ1) is 15.5. The number of nitrogens with zero attached hydrogens (tertiary/aromatic N) is 1. The standard InChI is InChI=1S/C22H15F2N/c23-18-9-5-15(6-10-18)13-22-20(16-7-11-19(24)12-8-16)14-17-3-1-2-4-21(17)25-22/h1-12,14H,13H2. The number of benzene rings is 3. The summed E-state index contributed by atoms with van der Waals surface area (Å²) in [6.07, 6.45) is 0.581. The molecule has 0 N–H and O–H groups in total. The second-order valence-electron chi connectivity index (χ2n) is 5.99. The van der Waals surface area contributed by atoms with E-state index in [1.165, 1.54) is 24.3 Å². The van der Waals surface area contributed by atoms with Crippen LogP contribution in [0.25, 0.3) is 22.0 Å². The van der Waals surface area contributed by atoms with Crippen LogP contribution >= 0.6 is 0 Å². The maximum absolute atomic E-state index is 13.3. The van der Waals surface area contributed by atoms with Crippen molar-refractivity contribution >= 4 is 10.9 Å². The van der Waals surface area contributed by atoms with Crippen LogP contribution in [0.15, 0.2) is 78.9 Å². The van der Waals surface area contributed by atoms with Crippen LogP contribution in [0.3, 0.4) is 0 Å². The summed E-state index contributed by atoms with van der Waals surface area (Å²) in [5.74, 6) is -0.522. The van der Waals surface area contributed by atoms with Crippen LogP contribution in [-0.4, -0.2) is 4.98 Å². The van der Waals surface area contributed by atoms with Gasteiger partial charge in [-0.2, -0.15) is 0 Å². The molecule has 0 amide bonds. The van der Waals surface area contributed by atoms with Gasteiger partial charge >= 0.3 is 0 Å². The third-order valence-corrected chi connectivity index (χ3v) is 4.24. The molecular weight excluding hydrogens is 316 g/mol. The van der Waals surface area contributed by atoms with E-state index < -0.39 is 0 Å². The van der Waals surface area contributed by atoms with Gasteiger partial charge in [-0.3, -0.25) is 4.98 Å². The van der Waals surface area contributed by atoms with Crippen LogP contribution < -0.4 is 0 Å². The summed E-state index contributed by atoms with van der Waals surface area (Å²) in [6, 6.07) is 22.8. The molecule has 0 aliphatic carbocycles. The first-order chi connectivity index (χ1) is 12.2. The fourth-order valence-electron chi connectivity index (χ4n) is 2.97. The minimum atomic E-state index is -0.266. The van der Waals surface area contributed by atoms with Crippen LogP contribution in [0, 0.1) is 11.6 Å². The van der Waals surface area contributed by atoms with Gasteiger partial charge in [0.15, 0.2) is 0 Å². The smallest absolute Gasteiger partial charge is 0.123 e. The number of hydrogen-bond acceptors (Lipinski definition) is 1. The molecule has 0 atom stereocenters. The fourth-order valence-corrected chi connectivity index (χ4v) is 2.97. The molecule has 0 saturated heterocycles. The van der Waals surface area contributed by atoms with E-state index in [-0.39, 0.29) is 11.6 Å². The Morgan fingerprint density at radius 2 is 1.36 bits per heavy atom. The van der Waals surface area contributed by atoms with E-state index >= 15 is 0 Å². The lowest BCUT2D eigenvalue weighted by atomic mass is 9.97. The van der Waals surface area contributed by atoms with E-state index in [0.29, 0.717) is 6.42 Å². The van der Waals surface area contributed by atoms with Crippen molar-refractivity contribution in [3.8, 4) is 11.1 Å². The number of aromatic nitrogens is 1. The highest BCUT2D eigenvalue weighted by Crippen LogP contribution is 2.28. The summed E-state index contributed by atoms with van der Waals surface area (Å²) in [5, 5.41) is 1.03. The fraction of sp³-hybridized carbons (Fsp3) is 0.0455. The lowest BCUT2D eigenvalue weighted by molar-refractivity contribution is 0.627. The van der Waals surface area contributed by atoms with E-state index in [4.69, 9.17) is 4.98 Å². The SMILES string of the molecule is Fc1ccc(Cc2nc3ccccc3cc2-c2ccc(F)cc2)cc1. The van der Waals surface area contributed by atoms with Crippen molar-refractivity contribution in [1.82, 2.24) is 4.98 Å². The van der Waals surface area contributed by atoms with Crippen LogP contribution in [-0.2, 0) is 6.42 Å². The number of halogens is 2. The number of rotatable bonds is 3. The highest BCUT2D eigenvalue weighted by molar-refractivity contribution is 5.85. The summed E-state index contributed by atoms with van der Waals surface area (Å²) in [5.41, 5.74) is 4.65. The number of para-hydroxylation sites is 1. The van der Waals surface area contributed by atoms with Gasteiger partial charge in [0.05, 0.1) is 11.2 Å². The molecule has 0 unspecified atom stereocenters. The number of hydrogen-bond donors (Lipinski definition) is 0. The Morgan fingerprint density at radius 3 is 2.08 bits per heavy atom. The zero-order valence-electron chi connectivity index (χ0n) is 13.4. The minimum absolute atomic E-state index is 0.256. The molecule has 0 spiro atoms. The van der Waals surface area contributed by atoms with Gasteiger partial charge in [-0.05, 0) is 47.5 Å². The van der Waals surface area contributed by atoms with Gasteiger partial charge in [0.25, 0.3) is 0 Å². The Morgan fingerprint density at radius 1 is 0.720 bits per heavy atom. The predicted octanol–water partition coefficient (Wildman–Crippen LogP) is 5.77. The Hall–Kier alpha value is -3.07. The van der Waals surface area contributed by atoms with E-state index in [0.717, 1.165) is 33.3 Å². The van der Waals surface area contributed by atoms with Gasteiger partial charge in [0, 0.05) is 17.4 Å². The first-order valence-electron chi connectivity index (χ1n) is 8.08. The monoisotopic (exact) mass is 331 g/mol. The lowest BCUT2D eigenvalue weighted by Gasteiger charge is -2.12. The third kappa shape index (κ3) is 3.26. The largest absolute Gasteiger partial charge is 0.252 e.